The highest BCUT2D eigenvalue weighted by molar-refractivity contribution is 5.95. The molecule has 1 N–H and O–H groups in total. The number of anilines is 1. The number of fused-ring (bicyclic) bond motifs is 1. The third-order valence-electron chi connectivity index (χ3n) is 5.74. The van der Waals surface area contributed by atoms with E-state index in [0.717, 1.165) is 33.9 Å². The van der Waals surface area contributed by atoms with E-state index in [-0.39, 0.29) is 17.8 Å². The Kier molecular flexibility index (Phi) is 5.21. The summed E-state index contributed by atoms with van der Waals surface area (Å²) in [5, 5.41) is 15.9. The van der Waals surface area contributed by atoms with E-state index in [0.29, 0.717) is 17.9 Å². The maximum absolute atomic E-state index is 12.6. The van der Waals surface area contributed by atoms with Crippen molar-refractivity contribution in [1.82, 2.24) is 25.0 Å². The molecule has 3 heterocycles. The molecule has 33 heavy (non-hydrogen) atoms. The summed E-state index contributed by atoms with van der Waals surface area (Å²) in [5.41, 5.74) is 4.26. The summed E-state index contributed by atoms with van der Waals surface area (Å²) in [6.45, 7) is 1.92. The maximum atomic E-state index is 12.6. The van der Waals surface area contributed by atoms with Crippen LogP contribution in [0.25, 0.3) is 17.2 Å². The minimum Gasteiger partial charge on any atom is -0.497 e. The Morgan fingerprint density at radius 3 is 2.33 bits per heavy atom. The number of aryl methyl sites for hydroxylation is 1. The van der Waals surface area contributed by atoms with Crippen LogP contribution in [0.2, 0.25) is 0 Å². The lowest BCUT2D eigenvalue weighted by Crippen LogP contribution is -2.25. The van der Waals surface area contributed by atoms with Gasteiger partial charge < -0.3 is 14.8 Å². The molecule has 1 atom stereocenters. The zero-order valence-electron chi connectivity index (χ0n) is 18.4. The van der Waals surface area contributed by atoms with E-state index in [9.17, 15) is 4.79 Å². The number of nitrogens with one attached hydrogen (secondary N) is 1. The van der Waals surface area contributed by atoms with Crippen LogP contribution in [0.15, 0.2) is 54.7 Å². The SMILES string of the molecule is COc1ccc(-c2cnnc(-n3nc(C)c4c3NC(=O)C[C@H]4c3ccc(OC)cc3)n2)cc1. The maximum Gasteiger partial charge on any atom is 0.272 e. The molecule has 4 aromatic rings. The van der Waals surface area contributed by atoms with Crippen molar-refractivity contribution in [2.75, 3.05) is 19.5 Å². The van der Waals surface area contributed by atoms with Crippen LogP contribution in [-0.4, -0.2) is 45.1 Å². The number of nitrogens with zero attached hydrogens (tertiary/aromatic N) is 5. The lowest BCUT2D eigenvalue weighted by Gasteiger charge is -2.24. The molecule has 0 fully saturated rings. The number of ether oxygens (including phenoxy) is 2. The van der Waals surface area contributed by atoms with Crippen molar-refractivity contribution >= 4 is 11.7 Å². The first-order valence-electron chi connectivity index (χ1n) is 10.4. The third kappa shape index (κ3) is 3.78. The molecule has 1 aliphatic heterocycles. The number of carbonyl (C=O) groups is 1. The number of aromatic nitrogens is 5. The van der Waals surface area contributed by atoms with Crippen LogP contribution in [0.3, 0.4) is 0 Å². The first-order valence-corrected chi connectivity index (χ1v) is 10.4. The molecule has 0 saturated heterocycles. The minimum atomic E-state index is -0.133. The van der Waals surface area contributed by atoms with E-state index in [1.165, 1.54) is 0 Å². The van der Waals surface area contributed by atoms with Crippen LogP contribution in [-0.2, 0) is 4.79 Å². The average Bonchev–Trinajstić information content (AvgIpc) is 3.19. The Morgan fingerprint density at radius 2 is 1.67 bits per heavy atom. The number of hydrogen-bond donors (Lipinski definition) is 1. The number of methoxy groups -OCH3 is 2. The molecule has 9 nitrogen and oxygen atoms in total. The van der Waals surface area contributed by atoms with Crippen LogP contribution in [0, 0.1) is 6.92 Å². The molecular weight excluding hydrogens is 420 g/mol. The lowest BCUT2D eigenvalue weighted by molar-refractivity contribution is -0.116. The Morgan fingerprint density at radius 1 is 1.00 bits per heavy atom. The van der Waals surface area contributed by atoms with Crippen molar-refractivity contribution < 1.29 is 14.3 Å². The molecule has 0 aliphatic carbocycles. The van der Waals surface area contributed by atoms with Crippen molar-refractivity contribution in [3.8, 4) is 28.7 Å². The summed E-state index contributed by atoms with van der Waals surface area (Å²) in [5.74, 6) is 2.14. The third-order valence-corrected chi connectivity index (χ3v) is 5.74. The molecule has 5 rings (SSSR count). The number of rotatable bonds is 5. The van der Waals surface area contributed by atoms with E-state index in [1.807, 2.05) is 55.5 Å². The first-order chi connectivity index (χ1) is 16.1. The second-order valence-corrected chi connectivity index (χ2v) is 7.71. The molecule has 1 aliphatic rings. The van der Waals surface area contributed by atoms with Crippen LogP contribution >= 0.6 is 0 Å². The van der Waals surface area contributed by atoms with Crippen LogP contribution in [0.1, 0.15) is 29.2 Å². The first kappa shape index (κ1) is 20.6. The molecule has 2 aromatic carbocycles. The molecule has 0 radical (unpaired) electrons. The minimum absolute atomic E-state index is 0.0938. The number of amides is 1. The van der Waals surface area contributed by atoms with Gasteiger partial charge in [-0.2, -0.15) is 14.9 Å². The van der Waals surface area contributed by atoms with Crippen LogP contribution in [0.5, 0.6) is 11.5 Å². The van der Waals surface area contributed by atoms with Gasteiger partial charge in [-0.1, -0.05) is 12.1 Å². The molecule has 0 unspecified atom stereocenters. The smallest absolute Gasteiger partial charge is 0.272 e. The molecule has 0 spiro atoms. The molecule has 9 heteroatoms. The van der Waals surface area contributed by atoms with E-state index in [1.54, 1.807) is 25.1 Å². The summed E-state index contributed by atoms with van der Waals surface area (Å²) >= 11 is 0. The van der Waals surface area contributed by atoms with Gasteiger partial charge in [0.25, 0.3) is 5.95 Å². The van der Waals surface area contributed by atoms with E-state index in [2.05, 4.69) is 25.6 Å². The monoisotopic (exact) mass is 442 g/mol. The Bertz CT molecular complexity index is 1320. The van der Waals surface area contributed by atoms with Gasteiger partial charge in [0.1, 0.15) is 17.3 Å². The topological polar surface area (TPSA) is 104 Å². The molecule has 2 aromatic heterocycles. The Hall–Kier alpha value is -4.27. The normalized spacial score (nSPS) is 15.0. The van der Waals surface area contributed by atoms with Crippen molar-refractivity contribution in [2.45, 2.75) is 19.3 Å². The summed E-state index contributed by atoms with van der Waals surface area (Å²) in [7, 11) is 3.25. The predicted molar refractivity (Wildman–Crippen MR) is 122 cm³/mol. The molecular formula is C24H22N6O3. The van der Waals surface area contributed by atoms with Crippen molar-refractivity contribution in [1.29, 1.82) is 0 Å². The van der Waals surface area contributed by atoms with Gasteiger partial charge in [-0.05, 0) is 48.9 Å². The van der Waals surface area contributed by atoms with Crippen molar-refractivity contribution in [3.05, 3.63) is 71.5 Å². The molecule has 0 saturated carbocycles. The van der Waals surface area contributed by atoms with Crippen molar-refractivity contribution in [2.24, 2.45) is 0 Å². The highest BCUT2D eigenvalue weighted by Gasteiger charge is 2.33. The van der Waals surface area contributed by atoms with E-state index >= 15 is 0 Å². The summed E-state index contributed by atoms with van der Waals surface area (Å²) in [4.78, 5) is 17.3. The summed E-state index contributed by atoms with van der Waals surface area (Å²) in [6.07, 6.45) is 1.92. The summed E-state index contributed by atoms with van der Waals surface area (Å²) in [6, 6.07) is 15.3. The predicted octanol–water partition coefficient (Wildman–Crippen LogP) is 3.52. The standard InChI is InChI=1S/C24H22N6O3/c1-14-22-19(15-4-8-17(32-2)9-5-15)12-21(31)27-23(22)30(29-14)24-26-20(13-25-28-24)16-6-10-18(33-3)11-7-16/h4-11,13,19H,12H2,1-3H3,(H,27,31)/t19-/m0/s1. The summed E-state index contributed by atoms with van der Waals surface area (Å²) < 4.78 is 12.0. The Labute approximate surface area is 190 Å². The van der Waals surface area contributed by atoms with Gasteiger partial charge in [0.15, 0.2) is 0 Å². The van der Waals surface area contributed by atoms with Gasteiger partial charge in [0.2, 0.25) is 5.91 Å². The fourth-order valence-corrected chi connectivity index (χ4v) is 4.10. The highest BCUT2D eigenvalue weighted by Crippen LogP contribution is 2.40. The van der Waals surface area contributed by atoms with Gasteiger partial charge in [-0.25, -0.2) is 4.98 Å². The average molecular weight is 442 g/mol. The zero-order valence-corrected chi connectivity index (χ0v) is 18.4. The number of benzene rings is 2. The molecule has 0 bridgehead atoms. The van der Waals surface area contributed by atoms with E-state index < -0.39 is 0 Å². The Balaban J connectivity index is 1.56. The molecule has 166 valence electrons. The van der Waals surface area contributed by atoms with E-state index in [4.69, 9.17) is 9.47 Å². The fraction of sp³-hybridized carbons (Fsp3) is 0.208. The van der Waals surface area contributed by atoms with Gasteiger partial charge in [0.05, 0.1) is 31.8 Å². The van der Waals surface area contributed by atoms with Gasteiger partial charge >= 0.3 is 0 Å². The second-order valence-electron chi connectivity index (χ2n) is 7.71. The number of carbonyl (C=O) groups excluding carboxylic acids is 1. The molecule has 1 amide bonds. The van der Waals surface area contributed by atoms with Gasteiger partial charge in [0, 0.05) is 23.5 Å². The fourth-order valence-electron chi connectivity index (χ4n) is 4.10. The largest absolute Gasteiger partial charge is 0.497 e. The lowest BCUT2D eigenvalue weighted by atomic mass is 9.86. The van der Waals surface area contributed by atoms with Gasteiger partial charge in [-0.15, -0.1) is 5.10 Å². The second kappa shape index (κ2) is 8.34. The van der Waals surface area contributed by atoms with Crippen LogP contribution in [0.4, 0.5) is 5.82 Å². The van der Waals surface area contributed by atoms with Crippen molar-refractivity contribution in [3.63, 3.8) is 0 Å². The quantitative estimate of drug-likeness (QED) is 0.504. The number of hydrogen-bond acceptors (Lipinski definition) is 7. The highest BCUT2D eigenvalue weighted by atomic mass is 16.5. The van der Waals surface area contributed by atoms with Crippen LogP contribution < -0.4 is 14.8 Å². The zero-order chi connectivity index (χ0) is 22.9. The van der Waals surface area contributed by atoms with Gasteiger partial charge in [-0.3, -0.25) is 4.79 Å².